The first-order chi connectivity index (χ1) is 6.66. The van der Waals surface area contributed by atoms with Gasteiger partial charge in [-0.05, 0) is 35.0 Å². The molecule has 0 heterocycles. The van der Waals surface area contributed by atoms with Crippen LogP contribution in [0, 0.1) is 11.3 Å². The van der Waals surface area contributed by atoms with Crippen LogP contribution >= 0.6 is 15.9 Å². The molecule has 1 aromatic carbocycles. The van der Waals surface area contributed by atoms with Crippen molar-refractivity contribution in [1.82, 2.24) is 0 Å². The SMILES string of the molecule is CC(CC#N)N(C)c1ccccc1Br. The van der Waals surface area contributed by atoms with Gasteiger partial charge in [-0.1, -0.05) is 12.1 Å². The average Bonchev–Trinajstić information content (AvgIpc) is 2.18. The molecule has 0 N–H and O–H groups in total. The van der Waals surface area contributed by atoms with E-state index < -0.39 is 0 Å². The maximum Gasteiger partial charge on any atom is 0.0643 e. The third kappa shape index (κ3) is 2.49. The Kier molecular flexibility index (Phi) is 3.97. The highest BCUT2D eigenvalue weighted by atomic mass is 79.9. The zero-order valence-electron chi connectivity index (χ0n) is 8.37. The van der Waals surface area contributed by atoms with Gasteiger partial charge in [0.1, 0.15) is 0 Å². The van der Waals surface area contributed by atoms with Crippen LogP contribution in [0.1, 0.15) is 13.3 Å². The number of anilines is 1. The summed E-state index contributed by atoms with van der Waals surface area (Å²) in [5.74, 6) is 0. The normalized spacial score (nSPS) is 11.9. The van der Waals surface area contributed by atoms with Crippen molar-refractivity contribution in [3.63, 3.8) is 0 Å². The van der Waals surface area contributed by atoms with Crippen LogP contribution in [0.15, 0.2) is 28.7 Å². The highest BCUT2D eigenvalue weighted by Crippen LogP contribution is 2.26. The summed E-state index contributed by atoms with van der Waals surface area (Å²) in [5.41, 5.74) is 1.12. The maximum atomic E-state index is 8.61. The van der Waals surface area contributed by atoms with Gasteiger partial charge in [0, 0.05) is 17.6 Å². The first kappa shape index (κ1) is 11.1. The van der Waals surface area contributed by atoms with E-state index in [4.69, 9.17) is 5.26 Å². The first-order valence-electron chi connectivity index (χ1n) is 4.51. The standard InChI is InChI=1S/C11H13BrN2/c1-9(7-8-13)14(2)11-6-4-3-5-10(11)12/h3-6,9H,7H2,1-2H3. The molecule has 0 amide bonds. The molecule has 0 saturated carbocycles. The Bertz CT molecular complexity index is 343. The predicted molar refractivity (Wildman–Crippen MR) is 62.2 cm³/mol. The molecular formula is C11H13BrN2. The average molecular weight is 253 g/mol. The van der Waals surface area contributed by atoms with Gasteiger partial charge in [0.25, 0.3) is 0 Å². The number of hydrogen-bond donors (Lipinski definition) is 0. The van der Waals surface area contributed by atoms with Crippen LogP contribution in [0.2, 0.25) is 0 Å². The molecule has 0 aliphatic rings. The largest absolute Gasteiger partial charge is 0.370 e. The Labute approximate surface area is 93.3 Å². The molecule has 2 nitrogen and oxygen atoms in total. The molecule has 1 rings (SSSR count). The third-order valence-electron chi connectivity index (χ3n) is 2.28. The molecule has 0 spiro atoms. The van der Waals surface area contributed by atoms with Crippen LogP contribution in [0.25, 0.3) is 0 Å². The van der Waals surface area contributed by atoms with E-state index in [9.17, 15) is 0 Å². The summed E-state index contributed by atoms with van der Waals surface area (Å²) in [6.07, 6.45) is 0.540. The van der Waals surface area contributed by atoms with Gasteiger partial charge < -0.3 is 4.90 Å². The fourth-order valence-corrected chi connectivity index (χ4v) is 1.81. The van der Waals surface area contributed by atoms with Crippen molar-refractivity contribution in [2.75, 3.05) is 11.9 Å². The smallest absolute Gasteiger partial charge is 0.0643 e. The Morgan fingerprint density at radius 3 is 2.71 bits per heavy atom. The van der Waals surface area contributed by atoms with Crippen molar-refractivity contribution in [3.8, 4) is 6.07 Å². The number of nitriles is 1. The molecule has 0 aromatic heterocycles. The summed E-state index contributed by atoms with van der Waals surface area (Å²) >= 11 is 3.49. The summed E-state index contributed by atoms with van der Waals surface area (Å²) in [6, 6.07) is 10.4. The summed E-state index contributed by atoms with van der Waals surface area (Å²) in [7, 11) is 2.00. The molecule has 1 unspecified atom stereocenters. The highest BCUT2D eigenvalue weighted by Gasteiger charge is 2.11. The highest BCUT2D eigenvalue weighted by molar-refractivity contribution is 9.10. The molecule has 0 radical (unpaired) electrons. The van der Waals surface area contributed by atoms with E-state index in [1.165, 1.54) is 0 Å². The molecular weight excluding hydrogens is 240 g/mol. The Balaban J connectivity index is 2.84. The molecule has 3 heteroatoms. The molecule has 0 bridgehead atoms. The second-order valence-electron chi connectivity index (χ2n) is 3.27. The van der Waals surface area contributed by atoms with Crippen molar-refractivity contribution < 1.29 is 0 Å². The van der Waals surface area contributed by atoms with Crippen molar-refractivity contribution in [3.05, 3.63) is 28.7 Å². The number of benzene rings is 1. The molecule has 14 heavy (non-hydrogen) atoms. The van der Waals surface area contributed by atoms with E-state index in [2.05, 4.69) is 26.9 Å². The molecule has 1 aromatic rings. The zero-order valence-corrected chi connectivity index (χ0v) is 9.95. The maximum absolute atomic E-state index is 8.61. The van der Waals surface area contributed by atoms with E-state index >= 15 is 0 Å². The number of hydrogen-bond acceptors (Lipinski definition) is 2. The van der Waals surface area contributed by atoms with Crippen LogP contribution in [0.3, 0.4) is 0 Å². The van der Waals surface area contributed by atoms with Crippen LogP contribution in [0.4, 0.5) is 5.69 Å². The van der Waals surface area contributed by atoms with Gasteiger partial charge in [0.15, 0.2) is 0 Å². The zero-order chi connectivity index (χ0) is 10.6. The van der Waals surface area contributed by atoms with E-state index in [-0.39, 0.29) is 6.04 Å². The lowest BCUT2D eigenvalue weighted by molar-refractivity contribution is 0.701. The van der Waals surface area contributed by atoms with Crippen molar-refractivity contribution in [2.45, 2.75) is 19.4 Å². The summed E-state index contributed by atoms with van der Waals surface area (Å²) in [5, 5.41) is 8.61. The van der Waals surface area contributed by atoms with E-state index in [1.807, 2.05) is 38.2 Å². The van der Waals surface area contributed by atoms with E-state index in [0.29, 0.717) is 6.42 Å². The van der Waals surface area contributed by atoms with E-state index in [1.54, 1.807) is 0 Å². The predicted octanol–water partition coefficient (Wildman–Crippen LogP) is 3.19. The van der Waals surface area contributed by atoms with Gasteiger partial charge in [0.05, 0.1) is 18.2 Å². The van der Waals surface area contributed by atoms with Crippen molar-refractivity contribution in [2.24, 2.45) is 0 Å². The van der Waals surface area contributed by atoms with Gasteiger partial charge in [-0.15, -0.1) is 0 Å². The monoisotopic (exact) mass is 252 g/mol. The Morgan fingerprint density at radius 2 is 2.14 bits per heavy atom. The minimum atomic E-state index is 0.235. The lowest BCUT2D eigenvalue weighted by Gasteiger charge is -2.26. The lowest BCUT2D eigenvalue weighted by Crippen LogP contribution is -2.28. The second-order valence-corrected chi connectivity index (χ2v) is 4.13. The number of halogens is 1. The summed E-state index contributed by atoms with van der Waals surface area (Å²) in [6.45, 7) is 2.04. The third-order valence-corrected chi connectivity index (χ3v) is 2.95. The second kappa shape index (κ2) is 5.02. The summed E-state index contributed by atoms with van der Waals surface area (Å²) < 4.78 is 1.06. The van der Waals surface area contributed by atoms with Gasteiger partial charge in [-0.3, -0.25) is 0 Å². The van der Waals surface area contributed by atoms with Crippen LogP contribution < -0.4 is 4.90 Å². The van der Waals surface area contributed by atoms with Crippen LogP contribution in [-0.4, -0.2) is 13.1 Å². The number of nitrogens with zero attached hydrogens (tertiary/aromatic N) is 2. The first-order valence-corrected chi connectivity index (χ1v) is 5.30. The van der Waals surface area contributed by atoms with Crippen LogP contribution in [-0.2, 0) is 0 Å². The number of rotatable bonds is 3. The van der Waals surface area contributed by atoms with Crippen LogP contribution in [0.5, 0.6) is 0 Å². The molecule has 1 atom stereocenters. The topological polar surface area (TPSA) is 27.0 Å². The van der Waals surface area contributed by atoms with Gasteiger partial charge >= 0.3 is 0 Å². The molecule has 0 aliphatic carbocycles. The molecule has 0 fully saturated rings. The quantitative estimate of drug-likeness (QED) is 0.827. The van der Waals surface area contributed by atoms with E-state index in [0.717, 1.165) is 10.2 Å². The van der Waals surface area contributed by atoms with Gasteiger partial charge in [-0.25, -0.2) is 0 Å². The van der Waals surface area contributed by atoms with Gasteiger partial charge in [0.2, 0.25) is 0 Å². The van der Waals surface area contributed by atoms with Crippen molar-refractivity contribution >= 4 is 21.6 Å². The fourth-order valence-electron chi connectivity index (χ4n) is 1.24. The number of para-hydroxylation sites is 1. The molecule has 0 aliphatic heterocycles. The van der Waals surface area contributed by atoms with Gasteiger partial charge in [-0.2, -0.15) is 5.26 Å². The Hall–Kier alpha value is -1.01. The fraction of sp³-hybridized carbons (Fsp3) is 0.364. The lowest BCUT2D eigenvalue weighted by atomic mass is 10.2. The molecule has 0 saturated heterocycles. The summed E-state index contributed by atoms with van der Waals surface area (Å²) in [4.78, 5) is 2.10. The minimum Gasteiger partial charge on any atom is -0.370 e. The van der Waals surface area contributed by atoms with Crippen molar-refractivity contribution in [1.29, 1.82) is 5.26 Å². The Morgan fingerprint density at radius 1 is 1.50 bits per heavy atom. The molecule has 74 valence electrons. The minimum absolute atomic E-state index is 0.235.